The van der Waals surface area contributed by atoms with Crippen molar-refractivity contribution in [3.05, 3.63) is 69.6 Å². The largest absolute Gasteiger partial charge is 0.454 e. The van der Waals surface area contributed by atoms with Crippen molar-refractivity contribution in [3.8, 4) is 17.2 Å². The van der Waals surface area contributed by atoms with Gasteiger partial charge in [0.2, 0.25) is 6.79 Å². The lowest BCUT2D eigenvalue weighted by Crippen LogP contribution is -2.38. The van der Waals surface area contributed by atoms with Crippen LogP contribution in [0.4, 0.5) is 5.00 Å². The van der Waals surface area contributed by atoms with E-state index >= 15 is 0 Å². The molecule has 2 aromatic carbocycles. The molecule has 2 N–H and O–H groups in total. The first kappa shape index (κ1) is 22.9. The molecule has 7 nitrogen and oxygen atoms in total. The number of hydrogen-bond acceptors (Lipinski definition) is 7. The molecular weight excluding hydrogens is 476 g/mol. The van der Waals surface area contributed by atoms with Crippen LogP contribution in [0.3, 0.4) is 0 Å². The minimum Gasteiger partial charge on any atom is -0.454 e. The molecule has 2 unspecified atom stereocenters. The molecule has 2 atom stereocenters. The molecule has 2 aliphatic heterocycles. The molecule has 1 amide bonds. The summed E-state index contributed by atoms with van der Waals surface area (Å²) in [6.45, 7) is 7.03. The van der Waals surface area contributed by atoms with Gasteiger partial charge in [0.05, 0.1) is 11.1 Å². The number of amides is 1. The predicted octanol–water partition coefficient (Wildman–Crippen LogP) is 5.70. The maximum Gasteiger partial charge on any atom is 0.343 e. The number of thiophene rings is 1. The van der Waals surface area contributed by atoms with Gasteiger partial charge in [0, 0.05) is 4.88 Å². The molecule has 186 valence electrons. The number of carbonyl (C=O) groups is 2. The molecule has 1 aromatic heterocycles. The van der Waals surface area contributed by atoms with Crippen LogP contribution in [0.25, 0.3) is 0 Å². The number of carbonyl (C=O) groups excluding carboxylic acids is 2. The van der Waals surface area contributed by atoms with E-state index in [2.05, 4.69) is 31.4 Å². The molecule has 0 radical (unpaired) electrons. The van der Waals surface area contributed by atoms with Crippen molar-refractivity contribution >= 4 is 28.2 Å². The summed E-state index contributed by atoms with van der Waals surface area (Å²) >= 11 is 1.70. The van der Waals surface area contributed by atoms with Crippen molar-refractivity contribution in [1.82, 2.24) is 5.32 Å². The molecule has 3 heterocycles. The topological polar surface area (TPSA) is 85.9 Å². The van der Waals surface area contributed by atoms with Gasteiger partial charge in [-0.2, -0.15) is 0 Å². The van der Waals surface area contributed by atoms with Gasteiger partial charge in [-0.1, -0.05) is 32.9 Å². The first-order chi connectivity index (χ1) is 17.3. The van der Waals surface area contributed by atoms with Gasteiger partial charge in [-0.3, -0.25) is 4.79 Å². The van der Waals surface area contributed by atoms with Gasteiger partial charge in [-0.15, -0.1) is 11.3 Å². The number of fused-ring (bicyclic) bond motifs is 4. The summed E-state index contributed by atoms with van der Waals surface area (Å²) in [5.41, 5.74) is 3.42. The summed E-state index contributed by atoms with van der Waals surface area (Å²) in [5, 5.41) is 7.53. The predicted molar refractivity (Wildman–Crippen MR) is 137 cm³/mol. The van der Waals surface area contributed by atoms with E-state index in [1.54, 1.807) is 41.7 Å². The number of nitrogens with one attached hydrogen (secondary N) is 2. The number of benzene rings is 2. The highest BCUT2D eigenvalue weighted by molar-refractivity contribution is 7.16. The Bertz CT molecular complexity index is 1370. The average Bonchev–Trinajstić information content (AvgIpc) is 3.47. The number of hydrogen-bond donors (Lipinski definition) is 2. The van der Waals surface area contributed by atoms with Crippen molar-refractivity contribution in [2.24, 2.45) is 11.3 Å². The minimum atomic E-state index is -0.493. The third kappa shape index (κ3) is 4.09. The van der Waals surface area contributed by atoms with E-state index in [0.29, 0.717) is 28.7 Å². The van der Waals surface area contributed by atoms with Crippen molar-refractivity contribution in [3.63, 3.8) is 0 Å². The molecule has 0 bridgehead atoms. The lowest BCUT2D eigenvalue weighted by atomic mass is 9.72. The summed E-state index contributed by atoms with van der Waals surface area (Å²) < 4.78 is 16.3. The SMILES string of the molecule is CC(C)(C)C1CCc2c(sc3c2C(=O)NC(c2cccc(OC(=O)c4ccc5c(c4)OCO5)c2)N3)C1. The molecule has 3 aliphatic rings. The second-order valence-corrected chi connectivity index (χ2v) is 11.7. The van der Waals surface area contributed by atoms with Crippen molar-refractivity contribution in [1.29, 1.82) is 0 Å². The van der Waals surface area contributed by atoms with E-state index in [9.17, 15) is 9.59 Å². The Balaban J connectivity index is 1.20. The second kappa shape index (κ2) is 8.55. The van der Waals surface area contributed by atoms with Crippen LogP contribution in [-0.2, 0) is 12.8 Å². The van der Waals surface area contributed by atoms with Crippen LogP contribution in [0.5, 0.6) is 17.2 Å². The molecule has 6 rings (SSSR count). The zero-order valence-corrected chi connectivity index (χ0v) is 21.3. The minimum absolute atomic E-state index is 0.0526. The molecule has 1 aliphatic carbocycles. The summed E-state index contributed by atoms with van der Waals surface area (Å²) in [5.74, 6) is 1.60. The highest BCUT2D eigenvalue weighted by atomic mass is 32.1. The number of esters is 1. The molecule has 0 fully saturated rings. The Morgan fingerprint density at radius 1 is 1.08 bits per heavy atom. The number of ether oxygens (including phenoxy) is 3. The fourth-order valence-corrected chi connectivity index (χ4v) is 6.50. The summed E-state index contributed by atoms with van der Waals surface area (Å²) in [7, 11) is 0. The fourth-order valence-electron chi connectivity index (χ4n) is 5.15. The standard InChI is InChI=1S/C28H28N2O5S/c1-28(2,3)17-8-9-19-22(13-17)36-26-23(19)25(31)29-24(30-26)15-5-4-6-18(11-15)35-27(32)16-7-10-20-21(12-16)34-14-33-20/h4-7,10-12,17,24,30H,8-9,13-14H2,1-3H3,(H,29,31). The van der Waals surface area contributed by atoms with Crippen LogP contribution < -0.4 is 24.8 Å². The van der Waals surface area contributed by atoms with Crippen LogP contribution >= 0.6 is 11.3 Å². The first-order valence-corrected chi connectivity index (χ1v) is 13.0. The van der Waals surface area contributed by atoms with Crippen LogP contribution in [0.1, 0.15) is 70.1 Å². The highest BCUT2D eigenvalue weighted by Gasteiger charge is 2.36. The second-order valence-electron chi connectivity index (χ2n) is 10.6. The third-order valence-corrected chi connectivity index (χ3v) is 8.46. The van der Waals surface area contributed by atoms with Gasteiger partial charge < -0.3 is 24.8 Å². The fraction of sp³-hybridized carbons (Fsp3) is 0.357. The zero-order valence-electron chi connectivity index (χ0n) is 20.5. The van der Waals surface area contributed by atoms with Gasteiger partial charge in [0.15, 0.2) is 11.5 Å². The van der Waals surface area contributed by atoms with Gasteiger partial charge in [-0.05, 0) is 72.1 Å². The Labute approximate surface area is 213 Å². The van der Waals surface area contributed by atoms with Crippen LogP contribution in [0, 0.1) is 11.3 Å². The van der Waals surface area contributed by atoms with Crippen LogP contribution in [0.15, 0.2) is 42.5 Å². The monoisotopic (exact) mass is 504 g/mol. The van der Waals surface area contributed by atoms with E-state index in [1.165, 1.54) is 10.4 Å². The lowest BCUT2D eigenvalue weighted by molar-refractivity contribution is 0.0733. The molecule has 0 spiro atoms. The Hall–Kier alpha value is -3.52. The van der Waals surface area contributed by atoms with E-state index in [4.69, 9.17) is 14.2 Å². The Morgan fingerprint density at radius 3 is 2.75 bits per heavy atom. The summed E-state index contributed by atoms with van der Waals surface area (Å²) in [4.78, 5) is 27.2. The number of anilines is 1. The van der Waals surface area contributed by atoms with Gasteiger partial charge in [0.25, 0.3) is 5.91 Å². The quantitative estimate of drug-likeness (QED) is 0.352. The van der Waals surface area contributed by atoms with E-state index < -0.39 is 12.1 Å². The number of rotatable bonds is 3. The first-order valence-electron chi connectivity index (χ1n) is 12.2. The van der Waals surface area contributed by atoms with Crippen molar-refractivity contribution in [2.45, 2.75) is 46.2 Å². The molecule has 36 heavy (non-hydrogen) atoms. The zero-order chi connectivity index (χ0) is 25.0. The maximum atomic E-state index is 13.2. The Kier molecular flexibility index (Phi) is 5.44. The third-order valence-electron chi connectivity index (χ3n) is 7.28. The van der Waals surface area contributed by atoms with Crippen molar-refractivity contribution < 1.29 is 23.8 Å². The summed E-state index contributed by atoms with van der Waals surface area (Å²) in [6, 6.07) is 12.2. The maximum absolute atomic E-state index is 13.2. The molecule has 0 saturated heterocycles. The van der Waals surface area contributed by atoms with Crippen LogP contribution in [-0.4, -0.2) is 18.7 Å². The van der Waals surface area contributed by atoms with E-state index in [1.807, 2.05) is 12.1 Å². The molecule has 8 heteroatoms. The normalized spacial score (nSPS) is 20.1. The molecular formula is C28H28N2O5S. The summed E-state index contributed by atoms with van der Waals surface area (Å²) in [6.07, 6.45) is 2.65. The van der Waals surface area contributed by atoms with E-state index in [0.717, 1.165) is 35.4 Å². The molecule has 3 aromatic rings. The molecule has 0 saturated carbocycles. The van der Waals surface area contributed by atoms with Gasteiger partial charge in [-0.25, -0.2) is 4.79 Å². The van der Waals surface area contributed by atoms with Gasteiger partial charge in [0.1, 0.15) is 16.9 Å². The average molecular weight is 505 g/mol. The smallest absolute Gasteiger partial charge is 0.343 e. The van der Waals surface area contributed by atoms with Gasteiger partial charge >= 0.3 is 5.97 Å². The van der Waals surface area contributed by atoms with Crippen LogP contribution in [0.2, 0.25) is 0 Å². The van der Waals surface area contributed by atoms with E-state index in [-0.39, 0.29) is 18.1 Å². The lowest BCUT2D eigenvalue weighted by Gasteiger charge is -2.34. The van der Waals surface area contributed by atoms with Crippen molar-refractivity contribution in [2.75, 3.05) is 12.1 Å². The Morgan fingerprint density at radius 2 is 1.92 bits per heavy atom. The highest BCUT2D eigenvalue weighted by Crippen LogP contribution is 2.46.